The van der Waals surface area contributed by atoms with Gasteiger partial charge in [0.2, 0.25) is 17.7 Å². The lowest BCUT2D eigenvalue weighted by Gasteiger charge is -2.33. The molecule has 3 fully saturated rings. The minimum absolute atomic E-state index is 0.192. The Labute approximate surface area is 178 Å². The summed E-state index contributed by atoms with van der Waals surface area (Å²) in [5, 5.41) is 5.62. The van der Waals surface area contributed by atoms with Crippen LogP contribution in [-0.2, 0) is 14.4 Å². The van der Waals surface area contributed by atoms with E-state index < -0.39 is 0 Å². The van der Waals surface area contributed by atoms with E-state index in [-0.39, 0.29) is 17.9 Å². The second-order valence-corrected chi connectivity index (χ2v) is 8.72. The molecule has 1 aromatic carbocycles. The molecule has 2 N–H and O–H groups in total. The van der Waals surface area contributed by atoms with Gasteiger partial charge < -0.3 is 15.1 Å². The third kappa shape index (κ3) is 5.19. The standard InChI is InChI=1S/C23H32N4O3/c28-21-9-8-20(23(30)25-21)24-19-6-4-17(5-7-19)18-10-15-26(16-11-18)12-1-3-22(29)27-13-2-14-27/h4-7,18,20,24H,1-3,8-16H2,(H,25,28,30). The first-order chi connectivity index (χ1) is 14.6. The number of likely N-dealkylation sites (tertiary alicyclic amines) is 2. The predicted molar refractivity (Wildman–Crippen MR) is 115 cm³/mol. The highest BCUT2D eigenvalue weighted by atomic mass is 16.2. The molecule has 0 aliphatic carbocycles. The second-order valence-electron chi connectivity index (χ2n) is 8.72. The van der Waals surface area contributed by atoms with Gasteiger partial charge in [-0.1, -0.05) is 12.1 Å². The van der Waals surface area contributed by atoms with Crippen LogP contribution in [0, 0.1) is 0 Å². The van der Waals surface area contributed by atoms with Crippen molar-refractivity contribution in [3.8, 4) is 0 Å². The summed E-state index contributed by atoms with van der Waals surface area (Å²) in [5.41, 5.74) is 2.26. The number of nitrogens with one attached hydrogen (secondary N) is 2. The summed E-state index contributed by atoms with van der Waals surface area (Å²) in [7, 11) is 0. The number of carbonyl (C=O) groups is 3. The zero-order chi connectivity index (χ0) is 20.9. The lowest BCUT2D eigenvalue weighted by molar-refractivity contribution is -0.135. The summed E-state index contributed by atoms with van der Waals surface area (Å²) >= 11 is 0. The van der Waals surface area contributed by atoms with Crippen LogP contribution in [0.5, 0.6) is 0 Å². The molecule has 3 amide bonds. The van der Waals surface area contributed by atoms with Gasteiger partial charge in [-0.05, 0) is 75.4 Å². The molecule has 3 saturated heterocycles. The smallest absolute Gasteiger partial charge is 0.249 e. The van der Waals surface area contributed by atoms with Gasteiger partial charge in [0.05, 0.1) is 0 Å². The summed E-state index contributed by atoms with van der Waals surface area (Å²) in [6.07, 6.45) is 6.00. The van der Waals surface area contributed by atoms with Crippen molar-refractivity contribution in [3.05, 3.63) is 29.8 Å². The van der Waals surface area contributed by atoms with Crippen LogP contribution in [0.1, 0.15) is 56.4 Å². The van der Waals surface area contributed by atoms with Crippen molar-refractivity contribution in [1.82, 2.24) is 15.1 Å². The molecule has 0 saturated carbocycles. The Morgan fingerprint density at radius 3 is 2.40 bits per heavy atom. The normalized spacial score (nSPS) is 23.1. The number of piperidine rings is 2. The molecule has 0 radical (unpaired) electrons. The molecule has 3 heterocycles. The van der Waals surface area contributed by atoms with Gasteiger partial charge in [-0.15, -0.1) is 0 Å². The average molecular weight is 413 g/mol. The molecule has 3 aliphatic heterocycles. The van der Waals surface area contributed by atoms with Gasteiger partial charge in [-0.25, -0.2) is 0 Å². The van der Waals surface area contributed by atoms with Crippen LogP contribution in [0.3, 0.4) is 0 Å². The highest BCUT2D eigenvalue weighted by molar-refractivity contribution is 6.01. The first-order valence-electron chi connectivity index (χ1n) is 11.3. The first-order valence-corrected chi connectivity index (χ1v) is 11.3. The monoisotopic (exact) mass is 412 g/mol. The lowest BCUT2D eigenvalue weighted by atomic mass is 9.89. The van der Waals surface area contributed by atoms with Gasteiger partial charge in [-0.3, -0.25) is 19.7 Å². The van der Waals surface area contributed by atoms with Crippen LogP contribution in [-0.4, -0.2) is 66.3 Å². The molecule has 7 heteroatoms. The molecule has 0 spiro atoms. The maximum atomic E-state index is 12.0. The fraction of sp³-hybridized carbons (Fsp3) is 0.609. The molecular weight excluding hydrogens is 380 g/mol. The van der Waals surface area contributed by atoms with Crippen molar-refractivity contribution in [3.63, 3.8) is 0 Å². The predicted octanol–water partition coefficient (Wildman–Crippen LogP) is 2.10. The van der Waals surface area contributed by atoms with Gasteiger partial charge in [0.1, 0.15) is 6.04 Å². The van der Waals surface area contributed by atoms with Crippen molar-refractivity contribution in [1.29, 1.82) is 0 Å². The van der Waals surface area contributed by atoms with Crippen molar-refractivity contribution in [2.45, 2.75) is 56.9 Å². The number of rotatable bonds is 7. The third-order valence-electron chi connectivity index (χ3n) is 6.62. The Kier molecular flexibility index (Phi) is 6.67. The number of hydrogen-bond acceptors (Lipinski definition) is 5. The number of carbonyl (C=O) groups excluding carboxylic acids is 3. The maximum absolute atomic E-state index is 12.0. The largest absolute Gasteiger partial charge is 0.374 e. The van der Waals surface area contributed by atoms with Gasteiger partial charge in [0, 0.05) is 31.6 Å². The van der Waals surface area contributed by atoms with Crippen molar-refractivity contribution in [2.75, 3.05) is 38.0 Å². The number of hydrogen-bond donors (Lipinski definition) is 2. The van der Waals surface area contributed by atoms with Crippen LogP contribution in [0.4, 0.5) is 5.69 Å². The van der Waals surface area contributed by atoms with E-state index in [0.29, 0.717) is 31.1 Å². The Morgan fingerprint density at radius 1 is 1.03 bits per heavy atom. The molecule has 162 valence electrons. The molecule has 1 atom stereocenters. The summed E-state index contributed by atoms with van der Waals surface area (Å²) in [4.78, 5) is 39.6. The van der Waals surface area contributed by atoms with Crippen molar-refractivity contribution < 1.29 is 14.4 Å². The average Bonchev–Trinajstić information content (AvgIpc) is 2.70. The summed E-state index contributed by atoms with van der Waals surface area (Å²) < 4.78 is 0. The first kappa shape index (κ1) is 20.8. The van der Waals surface area contributed by atoms with Gasteiger partial charge in [0.15, 0.2) is 0 Å². The molecule has 30 heavy (non-hydrogen) atoms. The molecule has 0 bridgehead atoms. The number of amides is 3. The van der Waals surface area contributed by atoms with E-state index in [4.69, 9.17) is 0 Å². The minimum atomic E-state index is -0.343. The van der Waals surface area contributed by atoms with Crippen LogP contribution >= 0.6 is 0 Å². The fourth-order valence-corrected chi connectivity index (χ4v) is 4.55. The van der Waals surface area contributed by atoms with Crippen molar-refractivity contribution in [2.24, 2.45) is 0 Å². The molecule has 1 unspecified atom stereocenters. The summed E-state index contributed by atoms with van der Waals surface area (Å²) in [6, 6.07) is 8.03. The van der Waals surface area contributed by atoms with E-state index in [1.54, 1.807) is 0 Å². The molecule has 1 aromatic rings. The zero-order valence-corrected chi connectivity index (χ0v) is 17.6. The van der Waals surface area contributed by atoms with Crippen LogP contribution in [0.25, 0.3) is 0 Å². The van der Waals surface area contributed by atoms with E-state index >= 15 is 0 Å². The molecule has 4 rings (SSSR count). The number of benzene rings is 1. The highest BCUT2D eigenvalue weighted by Gasteiger charge is 2.26. The van der Waals surface area contributed by atoms with E-state index in [0.717, 1.165) is 64.1 Å². The molecule has 3 aliphatic rings. The Hall–Kier alpha value is -2.41. The minimum Gasteiger partial charge on any atom is -0.374 e. The van der Waals surface area contributed by atoms with Crippen LogP contribution in [0.15, 0.2) is 24.3 Å². The van der Waals surface area contributed by atoms with Gasteiger partial charge in [0.25, 0.3) is 0 Å². The van der Waals surface area contributed by atoms with E-state index in [1.165, 1.54) is 5.56 Å². The van der Waals surface area contributed by atoms with Crippen LogP contribution < -0.4 is 10.6 Å². The SMILES string of the molecule is O=C1CCC(Nc2ccc(C3CCN(CCCC(=O)N4CCC4)CC3)cc2)C(=O)N1. The number of nitrogens with zero attached hydrogens (tertiary/aromatic N) is 2. The van der Waals surface area contributed by atoms with E-state index in [2.05, 4.69) is 27.7 Å². The van der Waals surface area contributed by atoms with Gasteiger partial charge in [-0.2, -0.15) is 0 Å². The Bertz CT molecular complexity index is 767. The lowest BCUT2D eigenvalue weighted by Crippen LogP contribution is -2.47. The maximum Gasteiger partial charge on any atom is 0.249 e. The number of anilines is 1. The Morgan fingerprint density at radius 2 is 1.77 bits per heavy atom. The quantitative estimate of drug-likeness (QED) is 0.671. The zero-order valence-electron chi connectivity index (χ0n) is 17.6. The summed E-state index contributed by atoms with van der Waals surface area (Å²) in [5.74, 6) is 0.451. The van der Waals surface area contributed by atoms with Gasteiger partial charge >= 0.3 is 0 Å². The summed E-state index contributed by atoms with van der Waals surface area (Å²) in [6.45, 7) is 5.08. The highest BCUT2D eigenvalue weighted by Crippen LogP contribution is 2.29. The fourth-order valence-electron chi connectivity index (χ4n) is 4.55. The topological polar surface area (TPSA) is 81.8 Å². The third-order valence-corrected chi connectivity index (χ3v) is 6.62. The van der Waals surface area contributed by atoms with E-state index in [1.807, 2.05) is 17.0 Å². The second kappa shape index (κ2) is 9.60. The number of imide groups is 1. The van der Waals surface area contributed by atoms with Crippen molar-refractivity contribution >= 4 is 23.4 Å². The molecular formula is C23H32N4O3. The van der Waals surface area contributed by atoms with Crippen LogP contribution in [0.2, 0.25) is 0 Å². The van der Waals surface area contributed by atoms with E-state index in [9.17, 15) is 14.4 Å². The Balaban J connectivity index is 1.18. The molecule has 7 nitrogen and oxygen atoms in total. The molecule has 0 aromatic heterocycles.